The second-order valence-electron chi connectivity index (χ2n) is 4.53. The van der Waals surface area contributed by atoms with E-state index in [1.54, 1.807) is 0 Å². The van der Waals surface area contributed by atoms with Crippen molar-refractivity contribution in [2.24, 2.45) is 0 Å². The number of hydrogen-bond acceptors (Lipinski definition) is 3. The van der Waals surface area contributed by atoms with Crippen molar-refractivity contribution in [2.45, 2.75) is 25.4 Å². The third-order valence-corrected chi connectivity index (χ3v) is 3.47. The van der Waals surface area contributed by atoms with Crippen LogP contribution in [0.5, 0.6) is 0 Å². The van der Waals surface area contributed by atoms with Crippen LogP contribution in [-0.2, 0) is 6.54 Å². The highest BCUT2D eigenvalue weighted by Gasteiger charge is 2.24. The molecule has 0 atom stereocenters. The Morgan fingerprint density at radius 3 is 2.63 bits per heavy atom. The molecule has 0 bridgehead atoms. The van der Waals surface area contributed by atoms with Crippen LogP contribution in [0.1, 0.15) is 18.5 Å². The van der Waals surface area contributed by atoms with Crippen molar-refractivity contribution in [1.82, 2.24) is 10.3 Å². The summed E-state index contributed by atoms with van der Waals surface area (Å²) < 4.78 is 33.3. The van der Waals surface area contributed by atoms with Crippen LogP contribution in [0.15, 0.2) is 27.4 Å². The zero-order valence-electron chi connectivity index (χ0n) is 9.92. The van der Waals surface area contributed by atoms with Gasteiger partial charge >= 0.3 is 0 Å². The highest BCUT2D eigenvalue weighted by atomic mass is 79.9. The Balaban J connectivity index is 1.95. The molecule has 1 N–H and O–H groups in total. The van der Waals surface area contributed by atoms with E-state index in [0.717, 1.165) is 12.8 Å². The molecule has 3 nitrogen and oxygen atoms in total. The number of halogens is 3. The number of aromatic nitrogens is 1. The van der Waals surface area contributed by atoms with E-state index in [4.69, 9.17) is 4.42 Å². The maximum atomic E-state index is 13.9. The minimum absolute atomic E-state index is 0.149. The molecule has 0 spiro atoms. The van der Waals surface area contributed by atoms with E-state index < -0.39 is 11.6 Å². The van der Waals surface area contributed by atoms with E-state index in [1.165, 1.54) is 18.5 Å². The number of benzene rings is 1. The van der Waals surface area contributed by atoms with Crippen LogP contribution in [-0.4, -0.2) is 11.0 Å². The first kappa shape index (κ1) is 12.7. The van der Waals surface area contributed by atoms with Gasteiger partial charge in [0.1, 0.15) is 17.3 Å². The Hall–Kier alpha value is -1.27. The summed E-state index contributed by atoms with van der Waals surface area (Å²) in [5.41, 5.74) is 0.348. The number of hydrogen-bond donors (Lipinski definition) is 1. The number of oxazole rings is 1. The molecule has 0 aliphatic heterocycles. The normalized spacial score (nSPS) is 14.9. The van der Waals surface area contributed by atoms with Crippen LogP contribution >= 0.6 is 15.9 Å². The monoisotopic (exact) mass is 328 g/mol. The molecule has 19 heavy (non-hydrogen) atoms. The first-order chi connectivity index (χ1) is 9.15. The number of rotatable bonds is 4. The molecule has 0 radical (unpaired) electrons. The maximum Gasteiger partial charge on any atom is 0.181 e. The maximum absolute atomic E-state index is 13.9. The van der Waals surface area contributed by atoms with Gasteiger partial charge in [0, 0.05) is 17.1 Å². The van der Waals surface area contributed by atoms with Crippen molar-refractivity contribution in [2.75, 3.05) is 0 Å². The van der Waals surface area contributed by atoms with Gasteiger partial charge in [0.25, 0.3) is 0 Å². The minimum atomic E-state index is -0.670. The van der Waals surface area contributed by atoms with Gasteiger partial charge in [0.2, 0.25) is 0 Å². The van der Waals surface area contributed by atoms with Gasteiger partial charge in [-0.3, -0.25) is 0 Å². The Morgan fingerprint density at radius 2 is 2.00 bits per heavy atom. The SMILES string of the molecule is Fc1cc(Br)cc(F)c1-c1ocnc1CNC1CC1. The zero-order chi connectivity index (χ0) is 13.4. The van der Waals surface area contributed by atoms with Crippen LogP contribution in [0, 0.1) is 11.6 Å². The molecule has 0 amide bonds. The first-order valence-corrected chi connectivity index (χ1v) is 6.75. The lowest BCUT2D eigenvalue weighted by molar-refractivity contribution is 0.540. The van der Waals surface area contributed by atoms with Gasteiger partial charge in [0.05, 0.1) is 5.56 Å². The number of nitrogens with zero attached hydrogens (tertiary/aromatic N) is 1. The fourth-order valence-corrected chi connectivity index (χ4v) is 2.29. The Labute approximate surface area is 117 Å². The molecular weight excluding hydrogens is 318 g/mol. The Bertz CT molecular complexity index is 587. The molecule has 1 fully saturated rings. The van der Waals surface area contributed by atoms with Gasteiger partial charge in [-0.25, -0.2) is 13.8 Å². The molecular formula is C13H11BrF2N2O. The van der Waals surface area contributed by atoms with Crippen LogP contribution < -0.4 is 5.32 Å². The molecule has 0 saturated heterocycles. The zero-order valence-corrected chi connectivity index (χ0v) is 11.5. The van der Waals surface area contributed by atoms with Crippen molar-refractivity contribution in [3.63, 3.8) is 0 Å². The van der Waals surface area contributed by atoms with E-state index in [2.05, 4.69) is 26.2 Å². The Kier molecular flexibility index (Phi) is 3.36. The van der Waals surface area contributed by atoms with Gasteiger partial charge in [-0.2, -0.15) is 0 Å². The van der Waals surface area contributed by atoms with Crippen LogP contribution in [0.3, 0.4) is 0 Å². The van der Waals surface area contributed by atoms with Gasteiger partial charge in [-0.15, -0.1) is 0 Å². The molecule has 1 heterocycles. The molecule has 1 saturated carbocycles. The highest BCUT2D eigenvalue weighted by molar-refractivity contribution is 9.10. The average Bonchev–Trinajstić information content (AvgIpc) is 3.06. The van der Waals surface area contributed by atoms with E-state index in [0.29, 0.717) is 22.8 Å². The average molecular weight is 329 g/mol. The lowest BCUT2D eigenvalue weighted by Crippen LogP contribution is -2.16. The van der Waals surface area contributed by atoms with E-state index in [-0.39, 0.29) is 11.3 Å². The van der Waals surface area contributed by atoms with E-state index in [9.17, 15) is 8.78 Å². The predicted octanol–water partition coefficient (Wildman–Crippen LogP) is 3.63. The molecule has 6 heteroatoms. The number of nitrogens with one attached hydrogen (secondary N) is 1. The van der Waals surface area contributed by atoms with Crippen molar-refractivity contribution in [1.29, 1.82) is 0 Å². The van der Waals surface area contributed by atoms with Gasteiger partial charge in [-0.05, 0) is 25.0 Å². The summed E-state index contributed by atoms with van der Waals surface area (Å²) in [6, 6.07) is 2.90. The molecule has 0 unspecified atom stereocenters. The standard InChI is InChI=1S/C13H11BrF2N2O/c14-7-3-9(15)12(10(16)4-7)13-11(18-6-19-13)5-17-8-1-2-8/h3-4,6,8,17H,1-2,5H2. The van der Waals surface area contributed by atoms with Crippen molar-refractivity contribution >= 4 is 15.9 Å². The summed E-state index contributed by atoms with van der Waals surface area (Å²) in [7, 11) is 0. The second kappa shape index (κ2) is 5.02. The fourth-order valence-electron chi connectivity index (χ4n) is 1.89. The summed E-state index contributed by atoms with van der Waals surface area (Å²) in [5.74, 6) is -1.19. The van der Waals surface area contributed by atoms with E-state index in [1.807, 2.05) is 0 Å². The summed E-state index contributed by atoms with van der Waals surface area (Å²) in [6.45, 7) is 0.450. The molecule has 100 valence electrons. The van der Waals surface area contributed by atoms with Gasteiger partial charge in [-0.1, -0.05) is 15.9 Å². The third kappa shape index (κ3) is 2.69. The van der Waals surface area contributed by atoms with Crippen LogP contribution in [0.4, 0.5) is 8.78 Å². The first-order valence-electron chi connectivity index (χ1n) is 5.96. The minimum Gasteiger partial charge on any atom is -0.443 e. The molecule has 1 aliphatic rings. The third-order valence-electron chi connectivity index (χ3n) is 3.01. The van der Waals surface area contributed by atoms with Crippen LogP contribution in [0.25, 0.3) is 11.3 Å². The fraction of sp³-hybridized carbons (Fsp3) is 0.308. The predicted molar refractivity (Wildman–Crippen MR) is 69.4 cm³/mol. The molecule has 3 rings (SSSR count). The second-order valence-corrected chi connectivity index (χ2v) is 5.44. The van der Waals surface area contributed by atoms with Crippen molar-refractivity contribution in [3.05, 3.63) is 40.3 Å². The van der Waals surface area contributed by atoms with Crippen molar-refractivity contribution < 1.29 is 13.2 Å². The topological polar surface area (TPSA) is 38.1 Å². The largest absolute Gasteiger partial charge is 0.443 e. The molecule has 1 aromatic carbocycles. The molecule has 1 aromatic heterocycles. The van der Waals surface area contributed by atoms with Gasteiger partial charge in [0.15, 0.2) is 12.2 Å². The summed E-state index contributed by atoms with van der Waals surface area (Å²) in [4.78, 5) is 4.02. The van der Waals surface area contributed by atoms with E-state index >= 15 is 0 Å². The summed E-state index contributed by atoms with van der Waals surface area (Å²) in [5, 5.41) is 3.24. The lowest BCUT2D eigenvalue weighted by atomic mass is 10.1. The Morgan fingerprint density at radius 1 is 1.32 bits per heavy atom. The lowest BCUT2D eigenvalue weighted by Gasteiger charge is -2.06. The van der Waals surface area contributed by atoms with Crippen molar-refractivity contribution in [3.8, 4) is 11.3 Å². The van der Waals surface area contributed by atoms with Gasteiger partial charge < -0.3 is 9.73 Å². The smallest absolute Gasteiger partial charge is 0.181 e. The summed E-state index contributed by atoms with van der Waals surface area (Å²) >= 11 is 3.05. The molecule has 2 aromatic rings. The van der Waals surface area contributed by atoms with Crippen LogP contribution in [0.2, 0.25) is 0 Å². The summed E-state index contributed by atoms with van der Waals surface area (Å²) in [6.07, 6.45) is 3.47. The highest BCUT2D eigenvalue weighted by Crippen LogP contribution is 2.31. The quantitative estimate of drug-likeness (QED) is 0.931. The molecule has 1 aliphatic carbocycles.